The zero-order valence-corrected chi connectivity index (χ0v) is 15.6. The largest absolute Gasteiger partial charge is 0.495 e. The normalized spacial score (nSPS) is 15.2. The number of nitrogens with one attached hydrogen (secondary N) is 2. The van der Waals surface area contributed by atoms with Gasteiger partial charge in [-0.3, -0.25) is 9.82 Å². The number of benzene rings is 1. The van der Waals surface area contributed by atoms with E-state index in [1.807, 2.05) is 12.1 Å². The molecule has 0 spiro atoms. The standard InChI is InChI=1S/C17H24N4O3S/c1-12-17(13(2)19-18-12)25(22,23)20-15-11-14(7-8-16(15)24-3)21-9-5-4-6-10-21/h7-8,11,20H,4-6,9-10H2,1-3H3,(H,18,19). The molecular weight excluding hydrogens is 340 g/mol. The summed E-state index contributed by atoms with van der Waals surface area (Å²) in [7, 11) is -2.22. The van der Waals surface area contributed by atoms with Crippen molar-refractivity contribution in [3.63, 3.8) is 0 Å². The van der Waals surface area contributed by atoms with E-state index in [1.165, 1.54) is 13.5 Å². The minimum Gasteiger partial charge on any atom is -0.495 e. The Morgan fingerprint density at radius 3 is 2.52 bits per heavy atom. The van der Waals surface area contributed by atoms with Crippen LogP contribution in [0.4, 0.5) is 11.4 Å². The van der Waals surface area contributed by atoms with E-state index in [9.17, 15) is 8.42 Å². The van der Waals surface area contributed by atoms with E-state index in [2.05, 4.69) is 19.8 Å². The zero-order valence-electron chi connectivity index (χ0n) is 14.8. The smallest absolute Gasteiger partial charge is 0.265 e. The van der Waals surface area contributed by atoms with Crippen LogP contribution in [0.15, 0.2) is 23.1 Å². The second-order valence-electron chi connectivity index (χ2n) is 6.30. The predicted octanol–water partition coefficient (Wildman–Crippen LogP) is 2.83. The molecule has 0 unspecified atom stereocenters. The summed E-state index contributed by atoms with van der Waals surface area (Å²) in [6.45, 7) is 5.33. The molecule has 3 rings (SSSR count). The first-order valence-electron chi connectivity index (χ1n) is 8.40. The van der Waals surface area contributed by atoms with E-state index >= 15 is 0 Å². The Hall–Kier alpha value is -2.22. The first-order valence-corrected chi connectivity index (χ1v) is 9.88. The van der Waals surface area contributed by atoms with E-state index in [0.29, 0.717) is 22.8 Å². The van der Waals surface area contributed by atoms with Gasteiger partial charge in [0.2, 0.25) is 0 Å². The van der Waals surface area contributed by atoms with Crippen LogP contribution in [0.1, 0.15) is 30.7 Å². The van der Waals surface area contributed by atoms with Gasteiger partial charge in [-0.25, -0.2) is 8.42 Å². The number of nitrogens with zero attached hydrogens (tertiary/aromatic N) is 2. The first kappa shape index (κ1) is 17.6. The Bertz CT molecular complexity index is 835. The highest BCUT2D eigenvalue weighted by atomic mass is 32.2. The van der Waals surface area contributed by atoms with Gasteiger partial charge >= 0.3 is 0 Å². The van der Waals surface area contributed by atoms with Crippen molar-refractivity contribution >= 4 is 21.4 Å². The topological polar surface area (TPSA) is 87.3 Å². The van der Waals surface area contributed by atoms with Crippen LogP contribution in [0, 0.1) is 13.8 Å². The number of ether oxygens (including phenoxy) is 1. The van der Waals surface area contributed by atoms with Gasteiger partial charge in [-0.15, -0.1) is 0 Å². The average molecular weight is 364 g/mol. The lowest BCUT2D eigenvalue weighted by Gasteiger charge is -2.29. The minimum atomic E-state index is -3.75. The highest BCUT2D eigenvalue weighted by molar-refractivity contribution is 7.92. The lowest BCUT2D eigenvalue weighted by Crippen LogP contribution is -2.29. The molecule has 1 aromatic heterocycles. The Morgan fingerprint density at radius 2 is 1.92 bits per heavy atom. The van der Waals surface area contributed by atoms with Gasteiger partial charge < -0.3 is 9.64 Å². The number of piperidine rings is 1. The fraction of sp³-hybridized carbons (Fsp3) is 0.471. The maximum Gasteiger partial charge on any atom is 0.265 e. The molecule has 8 heteroatoms. The van der Waals surface area contributed by atoms with Gasteiger partial charge in [-0.1, -0.05) is 0 Å². The molecule has 0 amide bonds. The van der Waals surface area contributed by atoms with Crippen molar-refractivity contribution in [3.8, 4) is 5.75 Å². The summed E-state index contributed by atoms with van der Waals surface area (Å²) in [5.41, 5.74) is 2.39. The molecule has 1 fully saturated rings. The van der Waals surface area contributed by atoms with Crippen molar-refractivity contribution in [1.29, 1.82) is 0 Å². The molecule has 0 atom stereocenters. The molecule has 2 aromatic rings. The van der Waals surface area contributed by atoms with Gasteiger partial charge in [0.15, 0.2) is 0 Å². The molecule has 1 aromatic carbocycles. The molecule has 0 radical (unpaired) electrons. The summed E-state index contributed by atoms with van der Waals surface area (Å²) in [4.78, 5) is 2.45. The van der Waals surface area contributed by atoms with Crippen molar-refractivity contribution in [1.82, 2.24) is 10.2 Å². The number of aromatic nitrogens is 2. The molecule has 7 nitrogen and oxygen atoms in total. The highest BCUT2D eigenvalue weighted by Gasteiger charge is 2.24. The summed E-state index contributed by atoms with van der Waals surface area (Å²) in [5.74, 6) is 0.489. The van der Waals surface area contributed by atoms with E-state index < -0.39 is 10.0 Å². The Balaban J connectivity index is 1.95. The lowest BCUT2D eigenvalue weighted by atomic mass is 10.1. The number of hydrogen-bond acceptors (Lipinski definition) is 5. The Morgan fingerprint density at radius 1 is 1.20 bits per heavy atom. The molecule has 1 aliphatic rings. The van der Waals surface area contributed by atoms with Crippen LogP contribution >= 0.6 is 0 Å². The van der Waals surface area contributed by atoms with Crippen LogP contribution in [-0.4, -0.2) is 38.8 Å². The molecule has 0 bridgehead atoms. The first-order chi connectivity index (χ1) is 11.9. The molecular formula is C17H24N4O3S. The number of methoxy groups -OCH3 is 1. The molecule has 2 heterocycles. The number of aromatic amines is 1. The SMILES string of the molecule is COc1ccc(N2CCCCC2)cc1NS(=O)(=O)c1c(C)n[nH]c1C. The van der Waals surface area contributed by atoms with Crippen LogP contribution < -0.4 is 14.4 Å². The van der Waals surface area contributed by atoms with Crippen LogP contribution in [0.3, 0.4) is 0 Å². The number of H-pyrrole nitrogens is 1. The molecule has 0 aliphatic carbocycles. The average Bonchev–Trinajstić information content (AvgIpc) is 2.94. The van der Waals surface area contributed by atoms with Gasteiger partial charge in [-0.05, 0) is 51.3 Å². The van der Waals surface area contributed by atoms with Crippen LogP contribution in [0.2, 0.25) is 0 Å². The van der Waals surface area contributed by atoms with Crippen LogP contribution in [0.25, 0.3) is 0 Å². The molecule has 25 heavy (non-hydrogen) atoms. The van der Waals surface area contributed by atoms with Gasteiger partial charge in [0.25, 0.3) is 10.0 Å². The monoisotopic (exact) mass is 364 g/mol. The Labute approximate surface area is 148 Å². The summed E-state index contributed by atoms with van der Waals surface area (Å²) in [6, 6.07) is 5.61. The molecule has 0 saturated carbocycles. The summed E-state index contributed by atoms with van der Waals surface area (Å²) in [5, 5.41) is 6.69. The highest BCUT2D eigenvalue weighted by Crippen LogP contribution is 2.33. The minimum absolute atomic E-state index is 0.179. The maximum atomic E-state index is 12.8. The second kappa shape index (κ2) is 6.95. The van der Waals surface area contributed by atoms with Crippen molar-refractivity contribution in [2.24, 2.45) is 0 Å². The van der Waals surface area contributed by atoms with Crippen molar-refractivity contribution in [3.05, 3.63) is 29.6 Å². The number of hydrogen-bond donors (Lipinski definition) is 2. The van der Waals surface area contributed by atoms with E-state index in [0.717, 1.165) is 31.6 Å². The van der Waals surface area contributed by atoms with Gasteiger partial charge in [0.05, 0.1) is 24.2 Å². The summed E-state index contributed by atoms with van der Waals surface area (Å²) >= 11 is 0. The maximum absolute atomic E-state index is 12.8. The molecule has 136 valence electrons. The van der Waals surface area contributed by atoms with Crippen molar-refractivity contribution in [2.75, 3.05) is 29.8 Å². The Kier molecular flexibility index (Phi) is 4.89. The third kappa shape index (κ3) is 3.58. The number of rotatable bonds is 5. The van der Waals surface area contributed by atoms with E-state index in [4.69, 9.17) is 4.74 Å². The molecule has 1 saturated heterocycles. The van der Waals surface area contributed by atoms with E-state index in [-0.39, 0.29) is 4.90 Å². The molecule has 2 N–H and O–H groups in total. The van der Waals surface area contributed by atoms with Crippen LogP contribution in [-0.2, 0) is 10.0 Å². The second-order valence-corrected chi connectivity index (χ2v) is 7.92. The summed E-state index contributed by atoms with van der Waals surface area (Å²) in [6.07, 6.45) is 3.55. The third-order valence-corrected chi connectivity index (χ3v) is 6.11. The number of sulfonamides is 1. The zero-order chi connectivity index (χ0) is 18.0. The fourth-order valence-corrected chi connectivity index (χ4v) is 4.69. The number of anilines is 2. The predicted molar refractivity (Wildman–Crippen MR) is 97.9 cm³/mol. The quantitative estimate of drug-likeness (QED) is 0.852. The number of aryl methyl sites for hydroxylation is 2. The molecule has 1 aliphatic heterocycles. The third-order valence-electron chi connectivity index (χ3n) is 4.48. The van der Waals surface area contributed by atoms with Crippen molar-refractivity contribution in [2.45, 2.75) is 38.0 Å². The van der Waals surface area contributed by atoms with Gasteiger partial charge in [0, 0.05) is 18.8 Å². The lowest BCUT2D eigenvalue weighted by molar-refractivity contribution is 0.417. The van der Waals surface area contributed by atoms with Gasteiger partial charge in [-0.2, -0.15) is 5.10 Å². The summed E-state index contributed by atoms with van der Waals surface area (Å²) < 4.78 is 33.6. The van der Waals surface area contributed by atoms with Crippen LogP contribution in [0.5, 0.6) is 5.75 Å². The van der Waals surface area contributed by atoms with E-state index in [1.54, 1.807) is 19.9 Å². The van der Waals surface area contributed by atoms with Crippen molar-refractivity contribution < 1.29 is 13.2 Å². The van der Waals surface area contributed by atoms with Gasteiger partial charge in [0.1, 0.15) is 10.6 Å². The fourth-order valence-electron chi connectivity index (χ4n) is 3.26.